The highest BCUT2D eigenvalue weighted by Gasteiger charge is 2.23. The Hall–Kier alpha value is -2.43. The van der Waals surface area contributed by atoms with E-state index >= 15 is 0 Å². The van der Waals surface area contributed by atoms with E-state index in [0.717, 1.165) is 47.7 Å². The van der Waals surface area contributed by atoms with E-state index in [0.29, 0.717) is 12.6 Å². The lowest BCUT2D eigenvalue weighted by molar-refractivity contribution is 0.171. The minimum atomic E-state index is -0.620. The first kappa shape index (κ1) is 19.9. The van der Waals surface area contributed by atoms with E-state index in [-0.39, 0.29) is 5.56 Å². The average Bonchev–Trinajstić information content (AvgIpc) is 3.13. The van der Waals surface area contributed by atoms with Crippen LogP contribution in [0.25, 0.3) is 10.9 Å². The molecule has 4 rings (SSSR count). The van der Waals surface area contributed by atoms with Gasteiger partial charge in [0, 0.05) is 24.0 Å². The summed E-state index contributed by atoms with van der Waals surface area (Å²) in [6, 6.07) is 12.4. The molecule has 1 atom stereocenters. The molecule has 2 aromatic carbocycles. The predicted molar refractivity (Wildman–Crippen MR) is 119 cm³/mol. The molecule has 152 valence electrons. The summed E-state index contributed by atoms with van der Waals surface area (Å²) < 4.78 is 0. The summed E-state index contributed by atoms with van der Waals surface area (Å²) in [4.78, 5) is 14.6. The monoisotopic (exact) mass is 390 g/mol. The smallest absolute Gasteiger partial charge is 0.248 e. The standard InChI is InChI=1S/C25H30N2O2/c1-4-16-10-18-12-20(13-19(18)11-17(16)5-2)26-14-23(28)21-7-6-15(3)25-22(21)8-9-24(29)27-25/h6-11,20,23,26,28H,4-5,12-14H2,1-3H3,(H,27,29)/t23-/m0/s1. The molecule has 0 amide bonds. The first-order valence-electron chi connectivity index (χ1n) is 10.7. The number of aromatic nitrogens is 1. The third-order valence-electron chi connectivity index (χ3n) is 6.31. The lowest BCUT2D eigenvalue weighted by atomic mass is 9.97. The number of hydrogen-bond acceptors (Lipinski definition) is 3. The Morgan fingerprint density at radius 2 is 1.72 bits per heavy atom. The van der Waals surface area contributed by atoms with E-state index < -0.39 is 6.10 Å². The van der Waals surface area contributed by atoms with Crippen molar-refractivity contribution in [1.82, 2.24) is 10.3 Å². The number of nitrogens with one attached hydrogen (secondary N) is 2. The fourth-order valence-electron chi connectivity index (χ4n) is 4.67. The third-order valence-corrected chi connectivity index (χ3v) is 6.31. The number of benzene rings is 2. The summed E-state index contributed by atoms with van der Waals surface area (Å²) in [6.07, 6.45) is 3.57. The Labute approximate surface area is 172 Å². The number of rotatable bonds is 6. The highest BCUT2D eigenvalue weighted by atomic mass is 16.3. The Kier molecular flexibility index (Phi) is 5.57. The number of aryl methyl sites for hydroxylation is 3. The van der Waals surface area contributed by atoms with Gasteiger partial charge in [0.25, 0.3) is 0 Å². The fourth-order valence-corrected chi connectivity index (χ4v) is 4.67. The van der Waals surface area contributed by atoms with Gasteiger partial charge in [-0.2, -0.15) is 0 Å². The number of aliphatic hydroxyl groups excluding tert-OH is 1. The highest BCUT2D eigenvalue weighted by Crippen LogP contribution is 2.28. The van der Waals surface area contributed by atoms with E-state index in [1.54, 1.807) is 0 Å². The van der Waals surface area contributed by atoms with Crippen LogP contribution in [0.15, 0.2) is 41.2 Å². The molecule has 0 radical (unpaired) electrons. The van der Waals surface area contributed by atoms with Crippen molar-refractivity contribution >= 4 is 10.9 Å². The van der Waals surface area contributed by atoms with Crippen LogP contribution in [0.1, 0.15) is 53.3 Å². The van der Waals surface area contributed by atoms with Crippen molar-refractivity contribution in [3.8, 4) is 0 Å². The molecule has 0 spiro atoms. The van der Waals surface area contributed by atoms with Gasteiger partial charge < -0.3 is 15.4 Å². The van der Waals surface area contributed by atoms with Gasteiger partial charge in [-0.25, -0.2) is 0 Å². The molecule has 0 bridgehead atoms. The van der Waals surface area contributed by atoms with Crippen molar-refractivity contribution < 1.29 is 5.11 Å². The van der Waals surface area contributed by atoms with Crippen molar-refractivity contribution in [2.75, 3.05) is 6.54 Å². The second kappa shape index (κ2) is 8.13. The maximum Gasteiger partial charge on any atom is 0.248 e. The van der Waals surface area contributed by atoms with Gasteiger partial charge in [0.15, 0.2) is 0 Å². The molecule has 3 N–H and O–H groups in total. The quantitative estimate of drug-likeness (QED) is 0.601. The second-order valence-corrected chi connectivity index (χ2v) is 8.21. The Balaban J connectivity index is 1.48. The Morgan fingerprint density at radius 3 is 2.34 bits per heavy atom. The number of hydrogen-bond donors (Lipinski definition) is 3. The number of aliphatic hydroxyl groups is 1. The zero-order valence-electron chi connectivity index (χ0n) is 17.5. The first-order valence-corrected chi connectivity index (χ1v) is 10.7. The van der Waals surface area contributed by atoms with Crippen molar-refractivity contribution in [2.45, 2.75) is 58.6 Å². The maximum absolute atomic E-state index is 11.7. The van der Waals surface area contributed by atoms with Gasteiger partial charge in [-0.05, 0) is 72.1 Å². The molecule has 4 nitrogen and oxygen atoms in total. The fraction of sp³-hybridized carbons (Fsp3) is 0.400. The number of pyridine rings is 1. The van der Waals surface area contributed by atoms with Gasteiger partial charge in [0.05, 0.1) is 11.6 Å². The van der Waals surface area contributed by atoms with Crippen molar-refractivity contribution in [2.24, 2.45) is 0 Å². The van der Waals surface area contributed by atoms with Crippen LogP contribution < -0.4 is 10.9 Å². The van der Waals surface area contributed by atoms with Gasteiger partial charge in [-0.1, -0.05) is 38.1 Å². The summed E-state index contributed by atoms with van der Waals surface area (Å²) in [6.45, 7) is 6.91. The van der Waals surface area contributed by atoms with Gasteiger partial charge in [-0.15, -0.1) is 0 Å². The molecule has 1 heterocycles. The normalized spacial score (nSPS) is 15.0. The van der Waals surface area contributed by atoms with Crippen LogP contribution in [0, 0.1) is 6.92 Å². The van der Waals surface area contributed by atoms with E-state index in [2.05, 4.69) is 36.3 Å². The lowest BCUT2D eigenvalue weighted by Crippen LogP contribution is -2.33. The number of fused-ring (bicyclic) bond motifs is 2. The van der Waals surface area contributed by atoms with Gasteiger partial charge in [0.1, 0.15) is 0 Å². The van der Waals surface area contributed by atoms with Crippen LogP contribution in [0.3, 0.4) is 0 Å². The molecule has 0 saturated carbocycles. The zero-order chi connectivity index (χ0) is 20.5. The summed E-state index contributed by atoms with van der Waals surface area (Å²) in [7, 11) is 0. The SMILES string of the molecule is CCc1cc2c(cc1CC)CC(NC[C@H](O)c1ccc(C)c3[nH]c(=O)ccc13)C2. The summed E-state index contributed by atoms with van der Waals surface area (Å²) in [5.41, 5.74) is 8.37. The minimum absolute atomic E-state index is 0.119. The number of aromatic amines is 1. The molecular weight excluding hydrogens is 360 g/mol. The highest BCUT2D eigenvalue weighted by molar-refractivity contribution is 5.85. The molecule has 1 aliphatic rings. The van der Waals surface area contributed by atoms with E-state index in [9.17, 15) is 9.90 Å². The predicted octanol–water partition coefficient (Wildman–Crippen LogP) is 3.75. The van der Waals surface area contributed by atoms with Crippen molar-refractivity contribution in [3.63, 3.8) is 0 Å². The van der Waals surface area contributed by atoms with E-state index in [1.165, 1.54) is 28.3 Å². The molecule has 29 heavy (non-hydrogen) atoms. The average molecular weight is 391 g/mol. The van der Waals surface area contributed by atoms with Crippen LogP contribution in [0.2, 0.25) is 0 Å². The molecule has 1 aromatic heterocycles. The van der Waals surface area contributed by atoms with Crippen molar-refractivity contribution in [1.29, 1.82) is 0 Å². The topological polar surface area (TPSA) is 65.1 Å². The van der Waals surface area contributed by atoms with Crippen LogP contribution >= 0.6 is 0 Å². The van der Waals surface area contributed by atoms with Crippen LogP contribution in [-0.4, -0.2) is 22.7 Å². The molecular formula is C25H30N2O2. The van der Waals surface area contributed by atoms with Gasteiger partial charge in [-0.3, -0.25) is 4.79 Å². The van der Waals surface area contributed by atoms with Gasteiger partial charge >= 0.3 is 0 Å². The zero-order valence-corrected chi connectivity index (χ0v) is 17.5. The van der Waals surface area contributed by atoms with Crippen molar-refractivity contribution in [3.05, 3.63) is 80.1 Å². The molecule has 3 aromatic rings. The Bertz CT molecular complexity index is 1070. The summed E-state index contributed by atoms with van der Waals surface area (Å²) in [5.74, 6) is 0. The second-order valence-electron chi connectivity index (χ2n) is 8.21. The van der Waals surface area contributed by atoms with Crippen LogP contribution in [-0.2, 0) is 25.7 Å². The number of H-pyrrole nitrogens is 1. The largest absolute Gasteiger partial charge is 0.387 e. The van der Waals surface area contributed by atoms with Gasteiger partial charge in [0.2, 0.25) is 5.56 Å². The van der Waals surface area contributed by atoms with Crippen LogP contribution in [0.4, 0.5) is 0 Å². The summed E-state index contributed by atoms with van der Waals surface area (Å²) in [5, 5.41) is 15.3. The molecule has 1 aliphatic carbocycles. The molecule has 4 heteroatoms. The lowest BCUT2D eigenvalue weighted by Gasteiger charge is -2.18. The minimum Gasteiger partial charge on any atom is -0.387 e. The molecule has 0 saturated heterocycles. The molecule has 0 fully saturated rings. The molecule has 0 unspecified atom stereocenters. The molecule has 0 aliphatic heterocycles. The first-order chi connectivity index (χ1) is 14.0. The van der Waals surface area contributed by atoms with E-state index in [4.69, 9.17) is 0 Å². The van der Waals surface area contributed by atoms with Crippen LogP contribution in [0.5, 0.6) is 0 Å². The Morgan fingerprint density at radius 1 is 1.07 bits per heavy atom. The summed E-state index contributed by atoms with van der Waals surface area (Å²) >= 11 is 0. The maximum atomic E-state index is 11.7. The van der Waals surface area contributed by atoms with E-state index in [1.807, 2.05) is 25.1 Å². The third kappa shape index (κ3) is 3.87.